The van der Waals surface area contributed by atoms with Crippen LogP contribution in [0.2, 0.25) is 0 Å². The second kappa shape index (κ2) is 6.51. The maximum Gasteiger partial charge on any atom is 0.173 e. The van der Waals surface area contributed by atoms with Crippen LogP contribution in [0.5, 0.6) is 0 Å². The van der Waals surface area contributed by atoms with Gasteiger partial charge < -0.3 is 0 Å². The molecule has 0 saturated heterocycles. The standard InChI is InChI=1S/C28H34N2/c1-7-11-29-13-9-19-21-15-24-22(16-23(21)27(3,4)25(19)17-29)20-10-14-30(12-8-2)18-26(20)28(24,5)6/h9-10,13-18H,7-8,11-12H2,1-6H3/q+2. The van der Waals surface area contributed by atoms with E-state index in [-0.39, 0.29) is 10.8 Å². The van der Waals surface area contributed by atoms with E-state index in [4.69, 9.17) is 0 Å². The number of hydrogen-bond donors (Lipinski definition) is 0. The molecule has 2 aliphatic carbocycles. The predicted octanol–water partition coefficient (Wildman–Crippen LogP) is 5.69. The summed E-state index contributed by atoms with van der Waals surface area (Å²) in [5.74, 6) is 0. The zero-order valence-corrected chi connectivity index (χ0v) is 19.3. The normalized spacial score (nSPS) is 16.7. The maximum atomic E-state index is 2.51. The van der Waals surface area contributed by atoms with Crippen LogP contribution in [0.4, 0.5) is 0 Å². The Kier molecular flexibility index (Phi) is 4.23. The van der Waals surface area contributed by atoms with E-state index < -0.39 is 0 Å². The fraction of sp³-hybridized carbons (Fsp3) is 0.429. The van der Waals surface area contributed by atoms with Crippen molar-refractivity contribution in [3.05, 3.63) is 71.3 Å². The highest BCUT2D eigenvalue weighted by atomic mass is 14.9. The van der Waals surface area contributed by atoms with Crippen LogP contribution in [0.1, 0.15) is 76.6 Å². The third-order valence-electron chi connectivity index (χ3n) is 7.43. The van der Waals surface area contributed by atoms with Crippen molar-refractivity contribution in [1.29, 1.82) is 0 Å². The van der Waals surface area contributed by atoms with Gasteiger partial charge in [-0.3, -0.25) is 0 Å². The maximum absolute atomic E-state index is 2.51. The summed E-state index contributed by atoms with van der Waals surface area (Å²) in [6.45, 7) is 16.2. The SMILES string of the molecule is CCC[n+]1ccc2c(c1)C(C)(C)c1cc3c(cc1-2)C(C)(C)c1c[n+](CCC)ccc1-3. The Labute approximate surface area is 181 Å². The van der Waals surface area contributed by atoms with Gasteiger partial charge in [0.1, 0.15) is 13.1 Å². The number of fused-ring (bicyclic) bond motifs is 6. The lowest BCUT2D eigenvalue weighted by Crippen LogP contribution is -2.34. The largest absolute Gasteiger partial charge is 0.205 e. The van der Waals surface area contributed by atoms with E-state index in [1.165, 1.54) is 44.5 Å². The first-order valence-corrected chi connectivity index (χ1v) is 11.6. The average Bonchev–Trinajstić information content (AvgIpc) is 3.07. The van der Waals surface area contributed by atoms with Gasteiger partial charge in [0, 0.05) is 46.9 Å². The molecule has 0 spiro atoms. The number of hydrogen-bond acceptors (Lipinski definition) is 0. The second-order valence-electron chi connectivity index (χ2n) is 10.2. The summed E-state index contributed by atoms with van der Waals surface area (Å²) in [7, 11) is 0. The Morgan fingerprint density at radius 1 is 0.600 bits per heavy atom. The van der Waals surface area contributed by atoms with Crippen LogP contribution >= 0.6 is 0 Å². The molecule has 2 nitrogen and oxygen atoms in total. The Morgan fingerprint density at radius 2 is 1.00 bits per heavy atom. The van der Waals surface area contributed by atoms with Crippen molar-refractivity contribution in [2.75, 3.05) is 0 Å². The molecule has 5 rings (SSSR count). The first-order valence-electron chi connectivity index (χ1n) is 11.6. The van der Waals surface area contributed by atoms with E-state index in [0.29, 0.717) is 0 Å². The van der Waals surface area contributed by atoms with E-state index in [1.807, 2.05) is 0 Å². The molecule has 2 heteroatoms. The third-order valence-corrected chi connectivity index (χ3v) is 7.43. The fourth-order valence-corrected chi connectivity index (χ4v) is 5.71. The summed E-state index contributed by atoms with van der Waals surface area (Å²) in [4.78, 5) is 0. The first kappa shape index (κ1) is 19.5. The number of pyridine rings is 2. The van der Waals surface area contributed by atoms with Crippen LogP contribution < -0.4 is 9.13 Å². The van der Waals surface area contributed by atoms with Gasteiger partial charge in [0.15, 0.2) is 24.8 Å². The molecular weight excluding hydrogens is 364 g/mol. The van der Waals surface area contributed by atoms with Crippen LogP contribution in [-0.2, 0) is 23.9 Å². The fourth-order valence-electron chi connectivity index (χ4n) is 5.71. The number of nitrogens with zero attached hydrogens (tertiary/aromatic N) is 2. The number of aryl methyl sites for hydroxylation is 2. The van der Waals surface area contributed by atoms with Gasteiger partial charge >= 0.3 is 0 Å². The van der Waals surface area contributed by atoms with Crippen molar-refractivity contribution in [1.82, 2.24) is 0 Å². The Hall–Kier alpha value is -2.48. The summed E-state index contributed by atoms with van der Waals surface area (Å²) in [6.07, 6.45) is 11.6. The van der Waals surface area contributed by atoms with E-state index >= 15 is 0 Å². The molecule has 1 aromatic carbocycles. The molecule has 0 N–H and O–H groups in total. The molecule has 0 aliphatic heterocycles. The zero-order chi connectivity index (χ0) is 21.3. The quantitative estimate of drug-likeness (QED) is 0.499. The molecule has 2 aromatic heterocycles. The van der Waals surface area contributed by atoms with E-state index in [0.717, 1.165) is 25.9 Å². The molecule has 0 unspecified atom stereocenters. The van der Waals surface area contributed by atoms with Crippen LogP contribution in [0.25, 0.3) is 22.3 Å². The molecule has 3 aromatic rings. The lowest BCUT2D eigenvalue weighted by Gasteiger charge is -2.23. The predicted molar refractivity (Wildman–Crippen MR) is 123 cm³/mol. The molecule has 154 valence electrons. The molecule has 0 bridgehead atoms. The van der Waals surface area contributed by atoms with E-state index in [2.05, 4.69) is 99.7 Å². The van der Waals surface area contributed by atoms with Crippen molar-refractivity contribution >= 4 is 0 Å². The first-order chi connectivity index (χ1) is 14.3. The van der Waals surface area contributed by atoms with E-state index in [1.54, 1.807) is 0 Å². The lowest BCUT2D eigenvalue weighted by atomic mass is 9.79. The number of benzene rings is 1. The van der Waals surface area contributed by atoms with Crippen LogP contribution in [0, 0.1) is 0 Å². The van der Waals surface area contributed by atoms with Crippen LogP contribution in [0.15, 0.2) is 49.1 Å². The smallest absolute Gasteiger partial charge is 0.173 e. The minimum absolute atomic E-state index is 0.0280. The van der Waals surface area contributed by atoms with Gasteiger partial charge in [0.2, 0.25) is 0 Å². The summed E-state index contributed by atoms with van der Waals surface area (Å²) in [6, 6.07) is 9.70. The van der Waals surface area contributed by atoms with Gasteiger partial charge in [-0.2, -0.15) is 0 Å². The summed E-state index contributed by atoms with van der Waals surface area (Å²) < 4.78 is 4.71. The summed E-state index contributed by atoms with van der Waals surface area (Å²) in [5, 5.41) is 0. The van der Waals surface area contributed by atoms with Crippen LogP contribution in [-0.4, -0.2) is 0 Å². The highest BCUT2D eigenvalue weighted by Crippen LogP contribution is 2.55. The van der Waals surface area contributed by atoms with Gasteiger partial charge in [-0.15, -0.1) is 0 Å². The van der Waals surface area contributed by atoms with Crippen molar-refractivity contribution in [3.63, 3.8) is 0 Å². The second-order valence-corrected chi connectivity index (χ2v) is 10.2. The van der Waals surface area contributed by atoms with Crippen molar-refractivity contribution in [2.24, 2.45) is 0 Å². The topological polar surface area (TPSA) is 7.76 Å². The van der Waals surface area contributed by atoms with Gasteiger partial charge in [-0.05, 0) is 45.5 Å². The van der Waals surface area contributed by atoms with Crippen molar-refractivity contribution in [3.8, 4) is 22.3 Å². The van der Waals surface area contributed by atoms with Crippen molar-refractivity contribution < 1.29 is 9.13 Å². The van der Waals surface area contributed by atoms with Gasteiger partial charge in [0.05, 0.1) is 0 Å². The Balaban J connectivity index is 1.71. The molecule has 0 saturated carbocycles. The number of aromatic nitrogens is 2. The zero-order valence-electron chi connectivity index (χ0n) is 19.3. The molecule has 2 aliphatic rings. The Morgan fingerprint density at radius 3 is 1.37 bits per heavy atom. The molecule has 0 radical (unpaired) electrons. The third kappa shape index (κ3) is 2.55. The van der Waals surface area contributed by atoms with Gasteiger partial charge in [-0.25, -0.2) is 9.13 Å². The molecule has 2 heterocycles. The molecule has 0 amide bonds. The minimum Gasteiger partial charge on any atom is -0.205 e. The molecule has 30 heavy (non-hydrogen) atoms. The van der Waals surface area contributed by atoms with Gasteiger partial charge in [-0.1, -0.05) is 41.5 Å². The lowest BCUT2D eigenvalue weighted by molar-refractivity contribution is -0.697. The van der Waals surface area contributed by atoms with Crippen LogP contribution in [0.3, 0.4) is 0 Å². The molecule has 0 fully saturated rings. The highest BCUT2D eigenvalue weighted by molar-refractivity contribution is 5.88. The summed E-state index contributed by atoms with van der Waals surface area (Å²) in [5.41, 5.74) is 11.6. The monoisotopic (exact) mass is 398 g/mol. The minimum atomic E-state index is 0.0280. The van der Waals surface area contributed by atoms with Crippen molar-refractivity contribution in [2.45, 2.75) is 78.3 Å². The summed E-state index contributed by atoms with van der Waals surface area (Å²) >= 11 is 0. The molecule has 0 atom stereocenters. The van der Waals surface area contributed by atoms with Gasteiger partial charge in [0.25, 0.3) is 0 Å². The average molecular weight is 399 g/mol. The number of rotatable bonds is 4. The highest BCUT2D eigenvalue weighted by Gasteiger charge is 2.43. The molecular formula is C28H34N2+2. The van der Waals surface area contributed by atoms with E-state index in [9.17, 15) is 0 Å². The Bertz CT molecular complexity index is 1070.